The molecular formula is C38H77NO3. The monoisotopic (exact) mass is 596 g/mol. The molecule has 1 amide bonds. The molecule has 0 aliphatic rings. The van der Waals surface area contributed by atoms with E-state index in [1.807, 2.05) is 0 Å². The molecule has 2 atom stereocenters. The predicted molar refractivity (Wildman–Crippen MR) is 184 cm³/mol. The Balaban J connectivity index is 3.43. The van der Waals surface area contributed by atoms with E-state index in [4.69, 9.17) is 0 Å². The summed E-state index contributed by atoms with van der Waals surface area (Å²) in [5.41, 5.74) is 0. The van der Waals surface area contributed by atoms with E-state index in [2.05, 4.69) is 19.2 Å². The number of carbonyl (C=O) groups is 1. The molecule has 0 aromatic heterocycles. The topological polar surface area (TPSA) is 69.6 Å². The Kier molecular flexibility index (Phi) is 34.4. The number of hydrogen-bond donors (Lipinski definition) is 3. The number of carbonyl (C=O) groups excluding carboxylic acids is 1. The molecule has 0 aromatic carbocycles. The van der Waals surface area contributed by atoms with Gasteiger partial charge in [0, 0.05) is 6.42 Å². The van der Waals surface area contributed by atoms with Gasteiger partial charge in [0.15, 0.2) is 0 Å². The Hall–Kier alpha value is -0.610. The van der Waals surface area contributed by atoms with Gasteiger partial charge in [-0.2, -0.15) is 0 Å². The van der Waals surface area contributed by atoms with Crippen molar-refractivity contribution in [1.82, 2.24) is 5.32 Å². The maximum atomic E-state index is 12.2. The van der Waals surface area contributed by atoms with Gasteiger partial charge in [-0.15, -0.1) is 0 Å². The fourth-order valence-corrected chi connectivity index (χ4v) is 6.13. The van der Waals surface area contributed by atoms with Gasteiger partial charge in [0.2, 0.25) is 5.91 Å². The summed E-state index contributed by atoms with van der Waals surface area (Å²) in [6.07, 6.45) is 40.3. The van der Waals surface area contributed by atoms with Crippen molar-refractivity contribution in [3.63, 3.8) is 0 Å². The smallest absolute Gasteiger partial charge is 0.220 e. The van der Waals surface area contributed by atoms with Gasteiger partial charge in [-0.05, 0) is 12.8 Å². The number of nitrogens with one attached hydrogen (secondary N) is 1. The lowest BCUT2D eigenvalue weighted by Gasteiger charge is -2.22. The molecule has 0 heterocycles. The second-order valence-electron chi connectivity index (χ2n) is 13.4. The molecule has 0 radical (unpaired) electrons. The predicted octanol–water partition coefficient (Wildman–Crippen LogP) is 11.3. The van der Waals surface area contributed by atoms with Gasteiger partial charge in [-0.1, -0.05) is 200 Å². The normalized spacial score (nSPS) is 13.0. The summed E-state index contributed by atoms with van der Waals surface area (Å²) in [7, 11) is 0. The summed E-state index contributed by atoms with van der Waals surface area (Å²) in [6, 6.07) is -0.526. The van der Waals surface area contributed by atoms with Crippen LogP contribution in [0.25, 0.3) is 0 Å². The highest BCUT2D eigenvalue weighted by Gasteiger charge is 2.19. The molecule has 0 aliphatic carbocycles. The lowest BCUT2D eigenvalue weighted by Crippen LogP contribution is -2.45. The molecule has 0 saturated carbocycles. The quantitative estimate of drug-likeness (QED) is 0.0638. The molecule has 42 heavy (non-hydrogen) atoms. The fourth-order valence-electron chi connectivity index (χ4n) is 6.13. The minimum absolute atomic E-state index is 0.0341. The molecule has 0 rings (SSSR count). The highest BCUT2D eigenvalue weighted by atomic mass is 16.3. The van der Waals surface area contributed by atoms with Crippen molar-refractivity contribution in [2.45, 2.75) is 231 Å². The van der Waals surface area contributed by atoms with E-state index in [-0.39, 0.29) is 12.5 Å². The minimum atomic E-state index is -0.650. The summed E-state index contributed by atoms with van der Waals surface area (Å²) in [6.45, 7) is 4.34. The van der Waals surface area contributed by atoms with E-state index in [0.717, 1.165) is 25.7 Å². The molecule has 4 heteroatoms. The van der Waals surface area contributed by atoms with Crippen LogP contribution in [0.4, 0.5) is 0 Å². The number of unbranched alkanes of at least 4 members (excludes halogenated alkanes) is 28. The van der Waals surface area contributed by atoms with Crippen molar-refractivity contribution in [3.8, 4) is 0 Å². The average molecular weight is 596 g/mol. The van der Waals surface area contributed by atoms with Gasteiger partial charge < -0.3 is 15.5 Å². The molecule has 3 N–H and O–H groups in total. The Labute approximate surface area is 264 Å². The van der Waals surface area contributed by atoms with E-state index < -0.39 is 12.1 Å². The zero-order valence-corrected chi connectivity index (χ0v) is 28.8. The molecule has 0 fully saturated rings. The zero-order chi connectivity index (χ0) is 30.8. The van der Waals surface area contributed by atoms with E-state index in [1.165, 1.54) is 167 Å². The van der Waals surface area contributed by atoms with Gasteiger partial charge in [-0.25, -0.2) is 0 Å². The lowest BCUT2D eigenvalue weighted by atomic mass is 10.0. The second-order valence-corrected chi connectivity index (χ2v) is 13.4. The van der Waals surface area contributed by atoms with Crippen LogP contribution in [0.1, 0.15) is 219 Å². The van der Waals surface area contributed by atoms with Crippen molar-refractivity contribution in [2.24, 2.45) is 0 Å². The molecule has 0 bridgehead atoms. The van der Waals surface area contributed by atoms with E-state index in [9.17, 15) is 15.0 Å². The molecule has 0 aromatic rings. The maximum Gasteiger partial charge on any atom is 0.220 e. The average Bonchev–Trinajstić information content (AvgIpc) is 2.99. The van der Waals surface area contributed by atoms with Gasteiger partial charge in [0.25, 0.3) is 0 Å². The van der Waals surface area contributed by atoms with Crippen molar-refractivity contribution in [1.29, 1.82) is 0 Å². The van der Waals surface area contributed by atoms with Crippen molar-refractivity contribution >= 4 is 5.91 Å². The minimum Gasteiger partial charge on any atom is -0.394 e. The van der Waals surface area contributed by atoms with Crippen LogP contribution in [0.3, 0.4) is 0 Å². The molecule has 2 unspecified atom stereocenters. The van der Waals surface area contributed by atoms with Crippen LogP contribution in [0.5, 0.6) is 0 Å². The maximum absolute atomic E-state index is 12.2. The standard InChI is InChI=1S/C38H77NO3/c1-3-5-7-9-11-13-14-15-16-17-18-19-20-21-22-23-24-25-26-27-29-31-33-37(41)36(35-40)39-38(42)34-32-30-28-12-10-8-6-4-2/h36-37,40-41H,3-35H2,1-2H3,(H,39,42). The molecule has 252 valence electrons. The summed E-state index contributed by atoms with van der Waals surface area (Å²) in [4.78, 5) is 12.2. The molecule has 0 aliphatic heterocycles. The Bertz CT molecular complexity index is 526. The number of hydrogen-bond acceptors (Lipinski definition) is 3. The van der Waals surface area contributed by atoms with Crippen LogP contribution in [-0.4, -0.2) is 34.9 Å². The Morgan fingerprint density at radius 2 is 0.762 bits per heavy atom. The Morgan fingerprint density at radius 3 is 1.07 bits per heavy atom. The van der Waals surface area contributed by atoms with E-state index in [1.54, 1.807) is 0 Å². The third-order valence-electron chi connectivity index (χ3n) is 9.12. The third-order valence-corrected chi connectivity index (χ3v) is 9.12. The number of amides is 1. The van der Waals surface area contributed by atoms with Crippen LogP contribution >= 0.6 is 0 Å². The fraction of sp³-hybridized carbons (Fsp3) is 0.974. The lowest BCUT2D eigenvalue weighted by molar-refractivity contribution is -0.123. The first kappa shape index (κ1) is 41.4. The van der Waals surface area contributed by atoms with E-state index >= 15 is 0 Å². The number of aliphatic hydroxyl groups is 2. The largest absolute Gasteiger partial charge is 0.394 e. The van der Waals surface area contributed by atoms with Crippen LogP contribution in [0, 0.1) is 0 Å². The van der Waals surface area contributed by atoms with Crippen molar-refractivity contribution < 1.29 is 15.0 Å². The zero-order valence-electron chi connectivity index (χ0n) is 28.8. The molecule has 0 spiro atoms. The van der Waals surface area contributed by atoms with Crippen LogP contribution in [0.15, 0.2) is 0 Å². The number of aliphatic hydroxyl groups excluding tert-OH is 2. The SMILES string of the molecule is CCCCCCCCCCCCCCCCCCCCCCCCC(O)C(CO)NC(=O)CCCCCCCCCC. The first-order chi connectivity index (χ1) is 20.7. The van der Waals surface area contributed by atoms with Crippen LogP contribution < -0.4 is 5.32 Å². The van der Waals surface area contributed by atoms with Crippen molar-refractivity contribution in [3.05, 3.63) is 0 Å². The Morgan fingerprint density at radius 1 is 0.476 bits per heavy atom. The summed E-state index contributed by atoms with van der Waals surface area (Å²) in [5.74, 6) is -0.0341. The molecular weight excluding hydrogens is 518 g/mol. The van der Waals surface area contributed by atoms with Crippen molar-refractivity contribution in [2.75, 3.05) is 6.61 Å². The van der Waals surface area contributed by atoms with Gasteiger partial charge in [0.05, 0.1) is 18.8 Å². The second kappa shape index (κ2) is 34.9. The first-order valence-electron chi connectivity index (χ1n) is 19.2. The summed E-state index contributed by atoms with van der Waals surface area (Å²) in [5, 5.41) is 23.0. The van der Waals surface area contributed by atoms with Gasteiger partial charge in [0.1, 0.15) is 0 Å². The number of rotatable bonds is 35. The third kappa shape index (κ3) is 30.8. The molecule has 4 nitrogen and oxygen atoms in total. The van der Waals surface area contributed by atoms with Gasteiger partial charge in [-0.3, -0.25) is 4.79 Å². The molecule has 0 saturated heterocycles. The van der Waals surface area contributed by atoms with Gasteiger partial charge >= 0.3 is 0 Å². The summed E-state index contributed by atoms with van der Waals surface area (Å²) < 4.78 is 0. The van der Waals surface area contributed by atoms with Crippen LogP contribution in [-0.2, 0) is 4.79 Å². The van der Waals surface area contributed by atoms with E-state index in [0.29, 0.717) is 12.8 Å². The highest BCUT2D eigenvalue weighted by molar-refractivity contribution is 5.76. The first-order valence-corrected chi connectivity index (χ1v) is 19.2. The highest BCUT2D eigenvalue weighted by Crippen LogP contribution is 2.16. The summed E-state index contributed by atoms with van der Waals surface area (Å²) >= 11 is 0. The van der Waals surface area contributed by atoms with Crippen LogP contribution in [0.2, 0.25) is 0 Å².